The van der Waals surface area contributed by atoms with Gasteiger partial charge in [-0.1, -0.05) is 34.1 Å². The summed E-state index contributed by atoms with van der Waals surface area (Å²) in [6.07, 6.45) is 0.556. The van der Waals surface area contributed by atoms with Crippen LogP contribution in [0.15, 0.2) is 24.3 Å². The van der Waals surface area contributed by atoms with E-state index >= 15 is 0 Å². The molecule has 0 radical (unpaired) electrons. The van der Waals surface area contributed by atoms with Gasteiger partial charge < -0.3 is 19.3 Å². The second-order valence-corrected chi connectivity index (χ2v) is 12.3. The number of ether oxygens (including phenoxy) is 2. The van der Waals surface area contributed by atoms with Crippen LogP contribution in [0.5, 0.6) is 5.75 Å². The Morgan fingerprint density at radius 1 is 1.00 bits per heavy atom. The zero-order valence-electron chi connectivity index (χ0n) is 24.8. The van der Waals surface area contributed by atoms with E-state index in [9.17, 15) is 14.4 Å². The summed E-state index contributed by atoms with van der Waals surface area (Å²) in [6.45, 7) is 3.61. The molecule has 1 unspecified atom stereocenters. The second kappa shape index (κ2) is 10.6. The highest BCUT2D eigenvalue weighted by molar-refractivity contribution is 6.56. The molecule has 0 aromatic heterocycles. The maximum atomic E-state index is 13.3. The van der Waals surface area contributed by atoms with E-state index in [0.29, 0.717) is 17.7 Å². The van der Waals surface area contributed by atoms with Crippen LogP contribution in [0.25, 0.3) is 0 Å². The Hall–Kier alpha value is -2.78. The molecule has 2 aromatic carbocycles. The van der Waals surface area contributed by atoms with E-state index in [-0.39, 0.29) is 30.1 Å². The standard InChI is InChI=1S/C25H34B7N3O5/c26-15-10-14(24(29,30)34-6-8-39-9-7-34)20(27)21(28)19(15)25(31,32)40-17-3-1-2-12-13(17)11-35(23(12)38)16-4-5-18(36)33-22(16)37/h1-3,10,16H,4-9,11,26-32H2,(H,33,36,37). The van der Waals surface area contributed by atoms with Crippen LogP contribution in [0.1, 0.15) is 39.9 Å². The van der Waals surface area contributed by atoms with Crippen LogP contribution in [-0.2, 0) is 31.6 Å². The van der Waals surface area contributed by atoms with Gasteiger partial charge in [-0.2, -0.15) is 0 Å². The SMILES string of the molecule is Bc1cc(C(B)(B)N2CCOCC2)c(B)c(B)c1C(B)(B)Oc1cccc2c1CN(C1CCC(=O)NC1=O)C2=O. The highest BCUT2D eigenvalue weighted by atomic mass is 16.5. The number of benzene rings is 2. The topological polar surface area (TPSA) is 88.2 Å². The van der Waals surface area contributed by atoms with Gasteiger partial charge in [0.2, 0.25) is 11.8 Å². The molecular weight excluding hydrogens is 498 g/mol. The Kier molecular flexibility index (Phi) is 7.59. The van der Waals surface area contributed by atoms with Gasteiger partial charge >= 0.3 is 0 Å². The first kappa shape index (κ1) is 28.7. The number of morpholine rings is 1. The van der Waals surface area contributed by atoms with Crippen molar-refractivity contribution < 1.29 is 23.9 Å². The molecule has 40 heavy (non-hydrogen) atoms. The van der Waals surface area contributed by atoms with Gasteiger partial charge in [-0.05, 0) is 29.5 Å². The minimum Gasteiger partial charge on any atom is -0.501 e. The summed E-state index contributed by atoms with van der Waals surface area (Å²) in [5.74, 6) is -0.274. The third kappa shape index (κ3) is 4.96. The van der Waals surface area contributed by atoms with Gasteiger partial charge in [0, 0.05) is 30.6 Å². The number of imide groups is 1. The van der Waals surface area contributed by atoms with Gasteiger partial charge in [0.25, 0.3) is 5.91 Å². The lowest BCUT2D eigenvalue weighted by Gasteiger charge is -2.44. The Morgan fingerprint density at radius 3 is 2.38 bits per heavy atom. The number of carbonyl (C=O) groups excluding carboxylic acids is 3. The van der Waals surface area contributed by atoms with Crippen LogP contribution < -0.4 is 26.4 Å². The molecule has 2 fully saturated rings. The van der Waals surface area contributed by atoms with Crippen molar-refractivity contribution in [3.8, 4) is 5.75 Å². The number of piperidine rings is 1. The molecule has 8 nitrogen and oxygen atoms in total. The van der Waals surface area contributed by atoms with Crippen LogP contribution in [0, 0.1) is 0 Å². The van der Waals surface area contributed by atoms with Crippen molar-refractivity contribution >= 4 is 89.0 Å². The largest absolute Gasteiger partial charge is 0.501 e. The van der Waals surface area contributed by atoms with Crippen molar-refractivity contribution in [3.63, 3.8) is 0 Å². The summed E-state index contributed by atoms with van der Waals surface area (Å²) in [6, 6.07) is 7.16. The van der Waals surface area contributed by atoms with Gasteiger partial charge in [-0.25, -0.2) is 0 Å². The number of carbonyl (C=O) groups is 3. The molecule has 1 atom stereocenters. The van der Waals surface area contributed by atoms with E-state index in [1.165, 1.54) is 22.0 Å². The average Bonchev–Trinajstić information content (AvgIpc) is 3.23. The van der Waals surface area contributed by atoms with E-state index < -0.39 is 17.3 Å². The number of nitrogens with one attached hydrogen (secondary N) is 1. The first-order chi connectivity index (χ1) is 18.8. The van der Waals surface area contributed by atoms with E-state index in [1.807, 2.05) is 12.1 Å². The van der Waals surface area contributed by atoms with Gasteiger partial charge in [0.1, 0.15) is 51.0 Å². The van der Waals surface area contributed by atoms with Crippen LogP contribution in [-0.4, -0.2) is 115 Å². The van der Waals surface area contributed by atoms with Gasteiger partial charge in [0.05, 0.1) is 25.2 Å². The molecule has 200 valence electrons. The molecular formula is C25H34B7N3O5. The molecule has 2 saturated heterocycles. The molecule has 15 heteroatoms. The zero-order valence-corrected chi connectivity index (χ0v) is 24.8. The summed E-state index contributed by atoms with van der Waals surface area (Å²) in [5.41, 5.74) is 7.40. The predicted octanol–water partition coefficient (Wildman–Crippen LogP) is -7.61. The van der Waals surface area contributed by atoms with Crippen LogP contribution in [0.4, 0.5) is 0 Å². The van der Waals surface area contributed by atoms with E-state index in [4.69, 9.17) is 9.47 Å². The number of rotatable bonds is 6. The molecule has 0 aliphatic carbocycles. The minimum absolute atomic E-state index is 0.132. The maximum absolute atomic E-state index is 13.3. The summed E-state index contributed by atoms with van der Waals surface area (Å²) in [7, 11) is 15.2. The van der Waals surface area contributed by atoms with Gasteiger partial charge in [-0.3, -0.25) is 19.7 Å². The quantitative estimate of drug-likeness (QED) is 0.294. The van der Waals surface area contributed by atoms with E-state index in [0.717, 1.165) is 37.4 Å². The van der Waals surface area contributed by atoms with Crippen molar-refractivity contribution in [2.45, 2.75) is 36.2 Å². The first-order valence-electron chi connectivity index (χ1n) is 14.2. The molecule has 3 amide bonds. The summed E-state index contributed by atoms with van der Waals surface area (Å²) in [4.78, 5) is 41.6. The van der Waals surface area contributed by atoms with Gasteiger partial charge in [0.15, 0.2) is 15.7 Å². The first-order valence-corrected chi connectivity index (χ1v) is 14.2. The molecule has 1 N–H and O–H groups in total. The number of amides is 3. The van der Waals surface area contributed by atoms with Crippen molar-refractivity contribution in [1.82, 2.24) is 15.1 Å². The fourth-order valence-corrected chi connectivity index (χ4v) is 6.92. The van der Waals surface area contributed by atoms with Crippen molar-refractivity contribution in [2.24, 2.45) is 0 Å². The number of fused-ring (bicyclic) bond motifs is 1. The Bertz CT molecular complexity index is 1400. The summed E-state index contributed by atoms with van der Waals surface area (Å²) in [5, 5.41) is 1.56. The fraction of sp³-hybridized carbons (Fsp3) is 0.400. The molecule has 3 aliphatic rings. The Balaban J connectivity index is 1.45. The smallest absolute Gasteiger partial charge is 0.255 e. The van der Waals surface area contributed by atoms with Crippen LogP contribution in [0.3, 0.4) is 0 Å². The minimum atomic E-state index is -0.680. The fourth-order valence-electron chi connectivity index (χ4n) is 6.92. The lowest BCUT2D eigenvalue weighted by Crippen LogP contribution is -2.57. The molecule has 5 rings (SSSR count). The maximum Gasteiger partial charge on any atom is 0.255 e. The second-order valence-electron chi connectivity index (χ2n) is 12.3. The molecule has 0 bridgehead atoms. The summed E-state index contributed by atoms with van der Waals surface area (Å²) >= 11 is 0. The van der Waals surface area contributed by atoms with Crippen molar-refractivity contribution in [1.29, 1.82) is 0 Å². The highest BCUT2D eigenvalue weighted by Gasteiger charge is 2.41. The van der Waals surface area contributed by atoms with E-state index in [1.54, 1.807) is 11.0 Å². The third-order valence-electron chi connectivity index (χ3n) is 9.06. The van der Waals surface area contributed by atoms with Crippen molar-refractivity contribution in [3.05, 3.63) is 46.5 Å². The molecule has 0 saturated carbocycles. The number of hydrogen-bond acceptors (Lipinski definition) is 6. The number of nitrogens with zero attached hydrogens (tertiary/aromatic N) is 2. The van der Waals surface area contributed by atoms with Gasteiger partial charge in [-0.15, -0.1) is 0 Å². The highest BCUT2D eigenvalue weighted by Crippen LogP contribution is 2.35. The van der Waals surface area contributed by atoms with Crippen LogP contribution >= 0.6 is 0 Å². The lowest BCUT2D eigenvalue weighted by molar-refractivity contribution is -0.136. The van der Waals surface area contributed by atoms with Crippen LogP contribution in [0.2, 0.25) is 0 Å². The normalized spacial score (nSPS) is 20.4. The molecule has 2 aromatic rings. The average molecular weight is 532 g/mol. The Morgan fingerprint density at radius 2 is 1.70 bits per heavy atom. The zero-order chi connectivity index (χ0) is 29.0. The monoisotopic (exact) mass is 533 g/mol. The van der Waals surface area contributed by atoms with Crippen molar-refractivity contribution in [2.75, 3.05) is 26.3 Å². The predicted molar refractivity (Wildman–Crippen MR) is 174 cm³/mol. The number of hydrogen-bond donors (Lipinski definition) is 1. The molecule has 3 aliphatic heterocycles. The molecule has 3 heterocycles. The third-order valence-corrected chi connectivity index (χ3v) is 9.06. The lowest BCUT2D eigenvalue weighted by atomic mass is 9.49. The summed E-state index contributed by atoms with van der Waals surface area (Å²) < 4.78 is 12.4. The molecule has 0 spiro atoms. The Labute approximate surface area is 242 Å². The van der Waals surface area contributed by atoms with E-state index in [2.05, 4.69) is 71.2 Å².